The molecule has 166 valence electrons. The molecule has 6 nitrogen and oxygen atoms in total. The third kappa shape index (κ3) is 4.42. The third-order valence-electron chi connectivity index (χ3n) is 6.07. The Bertz CT molecular complexity index is 1100. The number of nitrogens with one attached hydrogen (secondary N) is 1. The Balaban J connectivity index is 1.61. The van der Waals surface area contributed by atoms with E-state index in [2.05, 4.69) is 32.2 Å². The Morgan fingerprint density at radius 1 is 1.16 bits per heavy atom. The van der Waals surface area contributed by atoms with Crippen LogP contribution >= 0.6 is 0 Å². The minimum Gasteiger partial charge on any atom is -0.476 e. The molecule has 2 atom stereocenters. The second-order valence-electron chi connectivity index (χ2n) is 9.49. The number of ether oxygens (including phenoxy) is 1. The summed E-state index contributed by atoms with van der Waals surface area (Å²) >= 11 is 0. The Kier molecular flexibility index (Phi) is 5.50. The van der Waals surface area contributed by atoms with E-state index in [0.29, 0.717) is 11.4 Å². The van der Waals surface area contributed by atoms with E-state index >= 15 is 0 Å². The van der Waals surface area contributed by atoms with Gasteiger partial charge in [0.15, 0.2) is 6.10 Å². The van der Waals surface area contributed by atoms with Gasteiger partial charge in [0.25, 0.3) is 5.91 Å². The van der Waals surface area contributed by atoms with Crippen molar-refractivity contribution in [3.63, 3.8) is 0 Å². The van der Waals surface area contributed by atoms with Gasteiger partial charge in [0.05, 0.1) is 24.5 Å². The van der Waals surface area contributed by atoms with Crippen molar-refractivity contribution in [1.82, 2.24) is 5.32 Å². The fourth-order valence-corrected chi connectivity index (χ4v) is 5.24. The van der Waals surface area contributed by atoms with Crippen LogP contribution in [0, 0.1) is 0 Å². The number of sulfonamides is 1. The number of carbonyl (C=O) groups excluding carboxylic acids is 1. The van der Waals surface area contributed by atoms with Gasteiger partial charge in [0, 0.05) is 0 Å². The molecule has 0 saturated carbocycles. The number of nitrogens with zero attached hydrogens (tertiary/aromatic N) is 1. The van der Waals surface area contributed by atoms with Crippen molar-refractivity contribution in [2.24, 2.45) is 0 Å². The molecule has 1 N–H and O–H groups in total. The highest BCUT2D eigenvalue weighted by Crippen LogP contribution is 2.39. The lowest BCUT2D eigenvalue weighted by Crippen LogP contribution is -2.51. The fourth-order valence-electron chi connectivity index (χ4n) is 4.34. The third-order valence-corrected chi connectivity index (χ3v) is 7.22. The summed E-state index contributed by atoms with van der Waals surface area (Å²) < 4.78 is 32.4. The molecule has 31 heavy (non-hydrogen) atoms. The van der Waals surface area contributed by atoms with Gasteiger partial charge in [-0.15, -0.1) is 0 Å². The number of hydrogen-bond acceptors (Lipinski definition) is 4. The molecule has 0 spiro atoms. The average Bonchev–Trinajstić information content (AvgIpc) is 2.71. The molecule has 1 heterocycles. The minimum absolute atomic E-state index is 0.0420. The minimum atomic E-state index is -3.58. The zero-order valence-electron chi connectivity index (χ0n) is 18.5. The number of fused-ring (bicyclic) bond motifs is 2. The molecule has 0 fully saturated rings. The Labute approximate surface area is 184 Å². The van der Waals surface area contributed by atoms with Crippen LogP contribution in [-0.4, -0.2) is 33.2 Å². The lowest BCUT2D eigenvalue weighted by atomic mass is 9.86. The smallest absolute Gasteiger partial charge is 0.263 e. The van der Waals surface area contributed by atoms with Gasteiger partial charge >= 0.3 is 0 Å². The summed E-state index contributed by atoms with van der Waals surface area (Å²) in [6.45, 7) is 6.17. The van der Waals surface area contributed by atoms with Gasteiger partial charge < -0.3 is 10.1 Å². The van der Waals surface area contributed by atoms with Crippen LogP contribution < -0.4 is 14.4 Å². The van der Waals surface area contributed by atoms with E-state index in [-0.39, 0.29) is 23.9 Å². The molecule has 2 aromatic carbocycles. The van der Waals surface area contributed by atoms with E-state index in [1.165, 1.54) is 9.87 Å². The van der Waals surface area contributed by atoms with Crippen molar-refractivity contribution in [2.75, 3.05) is 17.1 Å². The van der Waals surface area contributed by atoms with Crippen molar-refractivity contribution in [3.8, 4) is 5.75 Å². The highest BCUT2D eigenvalue weighted by Gasteiger charge is 2.37. The summed E-state index contributed by atoms with van der Waals surface area (Å²) in [5.41, 5.74) is 3.74. The lowest BCUT2D eigenvalue weighted by molar-refractivity contribution is -0.128. The van der Waals surface area contributed by atoms with Crippen LogP contribution in [0.5, 0.6) is 5.75 Å². The van der Waals surface area contributed by atoms with Crippen LogP contribution in [0.2, 0.25) is 0 Å². The first-order valence-electron chi connectivity index (χ1n) is 10.7. The molecule has 0 aromatic heterocycles. The number of carbonyl (C=O) groups is 1. The molecule has 1 aliphatic carbocycles. The molecule has 2 aromatic rings. The van der Waals surface area contributed by atoms with Gasteiger partial charge in [-0.2, -0.15) is 0 Å². The van der Waals surface area contributed by atoms with Crippen molar-refractivity contribution in [2.45, 2.75) is 57.6 Å². The summed E-state index contributed by atoms with van der Waals surface area (Å²) in [6, 6.07) is 13.6. The number of amides is 1. The molecule has 0 radical (unpaired) electrons. The molecule has 4 rings (SSSR count). The first-order chi connectivity index (χ1) is 14.5. The summed E-state index contributed by atoms with van der Waals surface area (Å²) in [6.07, 6.45) is 3.13. The number of hydrogen-bond donors (Lipinski definition) is 1. The van der Waals surface area contributed by atoms with Crippen LogP contribution in [-0.2, 0) is 26.7 Å². The fraction of sp³-hybridized carbons (Fsp3) is 0.458. The van der Waals surface area contributed by atoms with Gasteiger partial charge in [-0.05, 0) is 53.5 Å². The molecule has 1 aliphatic heterocycles. The maximum absolute atomic E-state index is 13.1. The molecule has 0 unspecified atom stereocenters. The molecule has 1 amide bonds. The predicted molar refractivity (Wildman–Crippen MR) is 122 cm³/mol. The highest BCUT2D eigenvalue weighted by molar-refractivity contribution is 7.92. The van der Waals surface area contributed by atoms with Gasteiger partial charge in [-0.25, -0.2) is 8.42 Å². The second kappa shape index (κ2) is 7.86. The zero-order valence-corrected chi connectivity index (χ0v) is 19.3. The van der Waals surface area contributed by atoms with Crippen molar-refractivity contribution in [1.29, 1.82) is 0 Å². The van der Waals surface area contributed by atoms with Crippen LogP contribution in [0.25, 0.3) is 0 Å². The van der Waals surface area contributed by atoms with E-state index < -0.39 is 16.1 Å². The summed E-state index contributed by atoms with van der Waals surface area (Å²) in [7, 11) is -3.58. The number of benzene rings is 2. The normalized spacial score (nSPS) is 21.0. The average molecular weight is 443 g/mol. The van der Waals surface area contributed by atoms with E-state index in [0.717, 1.165) is 36.6 Å². The first kappa shape index (κ1) is 21.7. The lowest BCUT2D eigenvalue weighted by Gasteiger charge is -2.36. The second-order valence-corrected chi connectivity index (χ2v) is 11.4. The number of rotatable bonds is 3. The van der Waals surface area contributed by atoms with E-state index in [4.69, 9.17) is 4.74 Å². The largest absolute Gasteiger partial charge is 0.476 e. The summed E-state index contributed by atoms with van der Waals surface area (Å²) in [5.74, 6) is 0.120. The SMILES string of the molecule is CC(C)(C)c1ccc2c(c1)N(S(C)(=O)=O)C[C@@H](C(=O)N[C@H]1CCCc3ccccc31)O2. The van der Waals surface area contributed by atoms with Gasteiger partial charge in [-0.3, -0.25) is 9.10 Å². The maximum atomic E-state index is 13.1. The van der Waals surface area contributed by atoms with Crippen LogP contribution in [0.3, 0.4) is 0 Å². The molecule has 2 aliphatic rings. The van der Waals surface area contributed by atoms with E-state index in [1.807, 2.05) is 30.3 Å². The van der Waals surface area contributed by atoms with Crippen molar-refractivity contribution >= 4 is 21.6 Å². The van der Waals surface area contributed by atoms with Crippen molar-refractivity contribution in [3.05, 3.63) is 59.2 Å². The van der Waals surface area contributed by atoms with Crippen LogP contribution in [0.1, 0.15) is 56.3 Å². The van der Waals surface area contributed by atoms with E-state index in [1.54, 1.807) is 6.07 Å². The Morgan fingerprint density at radius 2 is 1.90 bits per heavy atom. The van der Waals surface area contributed by atoms with Crippen molar-refractivity contribution < 1.29 is 17.9 Å². The highest BCUT2D eigenvalue weighted by atomic mass is 32.2. The summed E-state index contributed by atoms with van der Waals surface area (Å²) in [4.78, 5) is 13.1. The Hall–Kier alpha value is -2.54. The monoisotopic (exact) mass is 442 g/mol. The quantitative estimate of drug-likeness (QED) is 0.786. The van der Waals surface area contributed by atoms with Gasteiger partial charge in [0.2, 0.25) is 10.0 Å². The molecule has 0 bridgehead atoms. The standard InChI is InChI=1S/C24H30N2O4S/c1-24(2,3)17-12-13-21-20(14-17)26(31(4,28)29)15-22(30-21)23(27)25-19-11-7-9-16-8-5-6-10-18(16)19/h5-6,8,10,12-14,19,22H,7,9,11,15H2,1-4H3,(H,25,27)/t19-,22-/m0/s1. The maximum Gasteiger partial charge on any atom is 0.263 e. The number of anilines is 1. The molecular weight excluding hydrogens is 412 g/mol. The topological polar surface area (TPSA) is 75.7 Å². The van der Waals surface area contributed by atoms with Crippen LogP contribution in [0.15, 0.2) is 42.5 Å². The first-order valence-corrected chi connectivity index (χ1v) is 12.6. The predicted octanol–water partition coefficient (Wildman–Crippen LogP) is 3.70. The van der Waals surface area contributed by atoms with Gasteiger partial charge in [-0.1, -0.05) is 51.1 Å². The molecule has 7 heteroatoms. The zero-order chi connectivity index (χ0) is 22.4. The molecule has 0 saturated heterocycles. The number of aryl methyl sites for hydroxylation is 1. The van der Waals surface area contributed by atoms with Gasteiger partial charge in [0.1, 0.15) is 5.75 Å². The van der Waals surface area contributed by atoms with E-state index in [9.17, 15) is 13.2 Å². The summed E-state index contributed by atoms with van der Waals surface area (Å²) in [5, 5.41) is 3.10. The molecular formula is C24H30N2O4S. The Morgan fingerprint density at radius 3 is 2.61 bits per heavy atom. The van der Waals surface area contributed by atoms with Crippen LogP contribution in [0.4, 0.5) is 5.69 Å².